The topological polar surface area (TPSA) is 46.2 Å². The number of hydrogen-bond acceptors (Lipinski definition) is 5. The highest BCUT2D eigenvalue weighted by molar-refractivity contribution is 4.49. The van der Waals surface area contributed by atoms with E-state index in [0.717, 1.165) is 13.2 Å². The molecule has 0 fully saturated rings. The van der Waals surface area contributed by atoms with Crippen molar-refractivity contribution in [2.45, 2.75) is 104 Å². The van der Waals surface area contributed by atoms with Crippen molar-refractivity contribution in [1.29, 1.82) is 0 Å². The largest absolute Gasteiger partial charge is 0.379 e. The minimum absolute atomic E-state index is 0.602. The predicted octanol–water partition coefficient (Wildman–Crippen LogP) is 6.57. The maximum Gasteiger partial charge on any atom is 0.0701 e. The van der Waals surface area contributed by atoms with Crippen molar-refractivity contribution >= 4 is 0 Å². The fourth-order valence-electron chi connectivity index (χ4n) is 3.42. The van der Waals surface area contributed by atoms with Crippen molar-refractivity contribution < 1.29 is 23.7 Å². The standard InChI is InChI=1S/C26H54O5/c1-3-5-6-7-8-9-10-11-12-13-14-15-16-17-18-28-21-22-30-25-26-31-24-23-29-20-19-27-4-2/h3-26H2,1-2H3. The van der Waals surface area contributed by atoms with Crippen LogP contribution in [0.2, 0.25) is 0 Å². The summed E-state index contributed by atoms with van der Waals surface area (Å²) in [6, 6.07) is 0. The predicted molar refractivity (Wildman–Crippen MR) is 130 cm³/mol. The van der Waals surface area contributed by atoms with Crippen LogP contribution in [-0.4, -0.2) is 66.1 Å². The molecule has 0 rings (SSSR count). The smallest absolute Gasteiger partial charge is 0.0701 e. The van der Waals surface area contributed by atoms with Crippen molar-refractivity contribution in [1.82, 2.24) is 0 Å². The number of ether oxygens (including phenoxy) is 5. The van der Waals surface area contributed by atoms with Gasteiger partial charge in [-0.15, -0.1) is 0 Å². The Labute approximate surface area is 193 Å². The summed E-state index contributed by atoms with van der Waals surface area (Å²) in [5.41, 5.74) is 0. The van der Waals surface area contributed by atoms with Gasteiger partial charge < -0.3 is 23.7 Å². The Morgan fingerprint density at radius 2 is 0.581 bits per heavy atom. The van der Waals surface area contributed by atoms with Crippen LogP contribution < -0.4 is 0 Å². The molecule has 0 aromatic carbocycles. The van der Waals surface area contributed by atoms with Crippen LogP contribution in [0, 0.1) is 0 Å². The molecule has 0 N–H and O–H groups in total. The van der Waals surface area contributed by atoms with E-state index in [-0.39, 0.29) is 0 Å². The highest BCUT2D eigenvalue weighted by Gasteiger charge is 1.96. The molecule has 0 aromatic heterocycles. The van der Waals surface area contributed by atoms with Gasteiger partial charge in [0, 0.05) is 13.2 Å². The molecular formula is C26H54O5. The normalized spacial score (nSPS) is 11.4. The molecule has 0 unspecified atom stereocenters. The summed E-state index contributed by atoms with van der Waals surface area (Å²) in [5.74, 6) is 0. The molecule has 0 aliphatic carbocycles. The first-order valence-corrected chi connectivity index (χ1v) is 13.3. The summed E-state index contributed by atoms with van der Waals surface area (Å²) in [4.78, 5) is 0. The van der Waals surface area contributed by atoms with Crippen LogP contribution >= 0.6 is 0 Å². The maximum atomic E-state index is 5.63. The van der Waals surface area contributed by atoms with Crippen LogP contribution in [0.3, 0.4) is 0 Å². The molecule has 0 aromatic rings. The summed E-state index contributed by atoms with van der Waals surface area (Å²) >= 11 is 0. The second kappa shape index (κ2) is 29.8. The van der Waals surface area contributed by atoms with E-state index in [1.54, 1.807) is 0 Å². The summed E-state index contributed by atoms with van der Waals surface area (Å²) in [6.07, 6.45) is 19.5. The first-order valence-electron chi connectivity index (χ1n) is 13.3. The zero-order chi connectivity index (χ0) is 22.5. The molecule has 5 heteroatoms. The van der Waals surface area contributed by atoms with Crippen molar-refractivity contribution in [2.24, 2.45) is 0 Å². The van der Waals surface area contributed by atoms with Gasteiger partial charge in [0.05, 0.1) is 52.9 Å². The lowest BCUT2D eigenvalue weighted by molar-refractivity contribution is -0.0104. The van der Waals surface area contributed by atoms with E-state index in [1.165, 1.54) is 89.9 Å². The van der Waals surface area contributed by atoms with Crippen molar-refractivity contribution in [3.63, 3.8) is 0 Å². The van der Waals surface area contributed by atoms with E-state index in [4.69, 9.17) is 23.7 Å². The van der Waals surface area contributed by atoms with Crippen LogP contribution in [0.5, 0.6) is 0 Å². The van der Waals surface area contributed by atoms with E-state index in [2.05, 4.69) is 6.92 Å². The molecule has 0 amide bonds. The van der Waals surface area contributed by atoms with Gasteiger partial charge in [0.2, 0.25) is 0 Å². The van der Waals surface area contributed by atoms with Gasteiger partial charge in [0.25, 0.3) is 0 Å². The Bertz CT molecular complexity index is 274. The third kappa shape index (κ3) is 29.8. The first-order chi connectivity index (χ1) is 15.4. The number of rotatable bonds is 28. The zero-order valence-corrected chi connectivity index (χ0v) is 21.0. The van der Waals surface area contributed by atoms with E-state index < -0.39 is 0 Å². The van der Waals surface area contributed by atoms with Gasteiger partial charge in [-0.3, -0.25) is 0 Å². The fourth-order valence-corrected chi connectivity index (χ4v) is 3.42. The molecule has 188 valence electrons. The van der Waals surface area contributed by atoms with Crippen LogP contribution in [0.1, 0.15) is 104 Å². The molecule has 0 spiro atoms. The Kier molecular flexibility index (Phi) is 29.6. The number of unbranched alkanes of at least 4 members (excludes halogenated alkanes) is 13. The monoisotopic (exact) mass is 446 g/mol. The quantitative estimate of drug-likeness (QED) is 0.127. The van der Waals surface area contributed by atoms with Gasteiger partial charge in [0.1, 0.15) is 0 Å². The summed E-state index contributed by atoms with van der Waals surface area (Å²) in [6.45, 7) is 10.9. The second-order valence-electron chi connectivity index (χ2n) is 8.24. The molecule has 0 saturated carbocycles. The highest BCUT2D eigenvalue weighted by atomic mass is 16.6. The summed E-state index contributed by atoms with van der Waals surface area (Å²) in [5, 5.41) is 0. The van der Waals surface area contributed by atoms with Gasteiger partial charge in [-0.25, -0.2) is 0 Å². The van der Waals surface area contributed by atoms with E-state index in [9.17, 15) is 0 Å². The number of hydrogen-bond donors (Lipinski definition) is 0. The highest BCUT2D eigenvalue weighted by Crippen LogP contribution is 2.12. The SMILES string of the molecule is CCCCCCCCCCCCCCCCOCCOCCOCCOCCOCC. The van der Waals surface area contributed by atoms with E-state index in [1.807, 2.05) is 6.92 Å². The Hall–Kier alpha value is -0.200. The second-order valence-corrected chi connectivity index (χ2v) is 8.24. The van der Waals surface area contributed by atoms with Crippen molar-refractivity contribution in [3.05, 3.63) is 0 Å². The van der Waals surface area contributed by atoms with Gasteiger partial charge >= 0.3 is 0 Å². The molecule has 0 aliphatic rings. The lowest BCUT2D eigenvalue weighted by Crippen LogP contribution is -2.13. The summed E-state index contributed by atoms with van der Waals surface area (Å²) in [7, 11) is 0. The van der Waals surface area contributed by atoms with Crippen LogP contribution in [0.15, 0.2) is 0 Å². The Morgan fingerprint density at radius 3 is 0.935 bits per heavy atom. The summed E-state index contributed by atoms with van der Waals surface area (Å²) < 4.78 is 27.1. The van der Waals surface area contributed by atoms with E-state index in [0.29, 0.717) is 52.9 Å². The minimum atomic E-state index is 0.602. The fraction of sp³-hybridized carbons (Fsp3) is 1.00. The molecule has 5 nitrogen and oxygen atoms in total. The molecule has 0 saturated heterocycles. The maximum absolute atomic E-state index is 5.63. The van der Waals surface area contributed by atoms with Crippen LogP contribution in [0.4, 0.5) is 0 Å². The molecule has 0 aliphatic heterocycles. The molecule has 0 heterocycles. The van der Waals surface area contributed by atoms with Crippen molar-refractivity contribution in [2.75, 3.05) is 66.1 Å². The molecule has 0 bridgehead atoms. The molecular weight excluding hydrogens is 392 g/mol. The molecule has 0 radical (unpaired) electrons. The van der Waals surface area contributed by atoms with Gasteiger partial charge in [-0.1, -0.05) is 90.4 Å². The van der Waals surface area contributed by atoms with Gasteiger partial charge in [-0.05, 0) is 13.3 Å². The Balaban J connectivity index is 2.98. The van der Waals surface area contributed by atoms with Gasteiger partial charge in [0.15, 0.2) is 0 Å². The van der Waals surface area contributed by atoms with Crippen LogP contribution in [-0.2, 0) is 23.7 Å². The average molecular weight is 447 g/mol. The molecule has 31 heavy (non-hydrogen) atoms. The minimum Gasteiger partial charge on any atom is -0.379 e. The average Bonchev–Trinajstić information content (AvgIpc) is 2.78. The lowest BCUT2D eigenvalue weighted by Gasteiger charge is -2.07. The van der Waals surface area contributed by atoms with Crippen LogP contribution in [0.25, 0.3) is 0 Å². The molecule has 0 atom stereocenters. The third-order valence-electron chi connectivity index (χ3n) is 5.33. The first kappa shape index (κ1) is 30.8. The zero-order valence-electron chi connectivity index (χ0n) is 21.0. The van der Waals surface area contributed by atoms with Gasteiger partial charge in [-0.2, -0.15) is 0 Å². The van der Waals surface area contributed by atoms with Crippen molar-refractivity contribution in [3.8, 4) is 0 Å². The Morgan fingerprint density at radius 1 is 0.290 bits per heavy atom. The third-order valence-corrected chi connectivity index (χ3v) is 5.33. The lowest BCUT2D eigenvalue weighted by atomic mass is 10.0. The van der Waals surface area contributed by atoms with E-state index >= 15 is 0 Å².